The molecule has 2 aromatic rings. The number of pyridine rings is 1. The highest BCUT2D eigenvalue weighted by Crippen LogP contribution is 2.21. The van der Waals surface area contributed by atoms with Gasteiger partial charge < -0.3 is 5.11 Å². The standard InChI is InChI=1S/C15H17NO/c1-11-4-3-5-13(8-11)9-15(17)14-6-7-16-10-12(14)2/h3-8,10,15,17H,9H2,1-2H3. The lowest BCUT2D eigenvalue weighted by Crippen LogP contribution is -2.04. The van der Waals surface area contributed by atoms with Gasteiger partial charge in [0.15, 0.2) is 0 Å². The maximum Gasteiger partial charge on any atom is 0.0834 e. The summed E-state index contributed by atoms with van der Waals surface area (Å²) in [6.45, 7) is 4.04. The van der Waals surface area contributed by atoms with Gasteiger partial charge in [-0.1, -0.05) is 29.8 Å². The van der Waals surface area contributed by atoms with Crippen LogP contribution in [-0.4, -0.2) is 10.1 Å². The number of rotatable bonds is 3. The van der Waals surface area contributed by atoms with E-state index in [4.69, 9.17) is 0 Å². The van der Waals surface area contributed by atoms with Gasteiger partial charge in [-0.05, 0) is 36.6 Å². The maximum atomic E-state index is 10.2. The summed E-state index contributed by atoms with van der Waals surface area (Å²) < 4.78 is 0. The molecule has 0 radical (unpaired) electrons. The van der Waals surface area contributed by atoms with Crippen molar-refractivity contribution in [2.45, 2.75) is 26.4 Å². The third-order valence-corrected chi connectivity index (χ3v) is 2.93. The van der Waals surface area contributed by atoms with Crippen LogP contribution in [0, 0.1) is 13.8 Å². The fraction of sp³-hybridized carbons (Fsp3) is 0.267. The van der Waals surface area contributed by atoms with E-state index in [1.165, 1.54) is 5.56 Å². The molecule has 2 nitrogen and oxygen atoms in total. The minimum Gasteiger partial charge on any atom is -0.388 e. The Morgan fingerprint density at radius 2 is 2.06 bits per heavy atom. The van der Waals surface area contributed by atoms with Crippen molar-refractivity contribution in [2.24, 2.45) is 0 Å². The zero-order chi connectivity index (χ0) is 12.3. The van der Waals surface area contributed by atoms with E-state index in [1.54, 1.807) is 12.4 Å². The van der Waals surface area contributed by atoms with Crippen LogP contribution >= 0.6 is 0 Å². The second kappa shape index (κ2) is 5.11. The molecule has 0 amide bonds. The predicted octanol–water partition coefficient (Wildman–Crippen LogP) is 2.97. The molecule has 0 aliphatic carbocycles. The van der Waals surface area contributed by atoms with Crippen molar-refractivity contribution in [3.05, 3.63) is 65.0 Å². The Bertz CT molecular complexity index is 508. The molecule has 0 fully saturated rings. The average Bonchev–Trinajstić information content (AvgIpc) is 2.29. The van der Waals surface area contributed by atoms with E-state index in [0.717, 1.165) is 16.7 Å². The van der Waals surface area contributed by atoms with Crippen molar-refractivity contribution < 1.29 is 5.11 Å². The first-order valence-electron chi connectivity index (χ1n) is 5.81. The van der Waals surface area contributed by atoms with Crippen LogP contribution in [-0.2, 0) is 6.42 Å². The number of hydrogen-bond acceptors (Lipinski definition) is 2. The predicted molar refractivity (Wildman–Crippen MR) is 68.8 cm³/mol. The maximum absolute atomic E-state index is 10.2. The van der Waals surface area contributed by atoms with Gasteiger partial charge in [0, 0.05) is 18.8 Å². The Morgan fingerprint density at radius 3 is 2.76 bits per heavy atom. The lowest BCUT2D eigenvalue weighted by molar-refractivity contribution is 0.177. The monoisotopic (exact) mass is 227 g/mol. The van der Waals surface area contributed by atoms with E-state index in [1.807, 2.05) is 25.1 Å². The zero-order valence-corrected chi connectivity index (χ0v) is 10.2. The fourth-order valence-corrected chi connectivity index (χ4v) is 2.03. The smallest absolute Gasteiger partial charge is 0.0834 e. The molecule has 0 bridgehead atoms. The van der Waals surface area contributed by atoms with Crippen molar-refractivity contribution in [3.8, 4) is 0 Å². The topological polar surface area (TPSA) is 33.1 Å². The summed E-state index contributed by atoms with van der Waals surface area (Å²) in [5, 5.41) is 10.2. The van der Waals surface area contributed by atoms with Crippen LogP contribution in [0.4, 0.5) is 0 Å². The van der Waals surface area contributed by atoms with E-state index < -0.39 is 6.10 Å². The molecular weight excluding hydrogens is 210 g/mol. The second-order valence-corrected chi connectivity index (χ2v) is 4.44. The van der Waals surface area contributed by atoms with Crippen molar-refractivity contribution >= 4 is 0 Å². The minimum atomic E-state index is -0.459. The van der Waals surface area contributed by atoms with Crippen LogP contribution in [0.1, 0.15) is 28.4 Å². The lowest BCUT2D eigenvalue weighted by Gasteiger charge is -2.13. The van der Waals surface area contributed by atoms with Gasteiger partial charge in [-0.25, -0.2) is 0 Å². The van der Waals surface area contributed by atoms with Gasteiger partial charge in [-0.3, -0.25) is 4.98 Å². The molecular formula is C15H17NO. The molecule has 0 aliphatic rings. The number of aliphatic hydroxyl groups is 1. The van der Waals surface area contributed by atoms with Crippen molar-refractivity contribution in [3.63, 3.8) is 0 Å². The molecule has 1 unspecified atom stereocenters. The Hall–Kier alpha value is -1.67. The van der Waals surface area contributed by atoms with Crippen LogP contribution in [0.25, 0.3) is 0 Å². The van der Waals surface area contributed by atoms with Gasteiger partial charge in [0.25, 0.3) is 0 Å². The van der Waals surface area contributed by atoms with E-state index in [2.05, 4.69) is 24.0 Å². The van der Waals surface area contributed by atoms with Gasteiger partial charge in [-0.2, -0.15) is 0 Å². The average molecular weight is 227 g/mol. The number of hydrogen-bond donors (Lipinski definition) is 1. The third kappa shape index (κ3) is 2.92. The van der Waals surface area contributed by atoms with Crippen molar-refractivity contribution in [1.82, 2.24) is 4.98 Å². The highest BCUT2D eigenvalue weighted by molar-refractivity contribution is 5.28. The summed E-state index contributed by atoms with van der Waals surface area (Å²) in [5.41, 5.74) is 4.38. The van der Waals surface area contributed by atoms with E-state index in [-0.39, 0.29) is 0 Å². The molecule has 0 saturated heterocycles. The highest BCUT2D eigenvalue weighted by Gasteiger charge is 2.10. The van der Waals surface area contributed by atoms with E-state index in [0.29, 0.717) is 6.42 Å². The second-order valence-electron chi connectivity index (χ2n) is 4.44. The Kier molecular flexibility index (Phi) is 3.55. The summed E-state index contributed by atoms with van der Waals surface area (Å²) in [6, 6.07) is 10.1. The van der Waals surface area contributed by atoms with Gasteiger partial charge >= 0.3 is 0 Å². The number of benzene rings is 1. The van der Waals surface area contributed by atoms with Crippen LogP contribution in [0.2, 0.25) is 0 Å². The molecule has 1 aromatic heterocycles. The zero-order valence-electron chi connectivity index (χ0n) is 10.2. The molecule has 1 aromatic carbocycles. The Morgan fingerprint density at radius 1 is 1.24 bits per heavy atom. The molecule has 0 saturated carbocycles. The molecule has 0 spiro atoms. The summed E-state index contributed by atoms with van der Waals surface area (Å²) in [6.07, 6.45) is 3.70. The minimum absolute atomic E-state index is 0.459. The number of nitrogens with zero attached hydrogens (tertiary/aromatic N) is 1. The normalized spacial score (nSPS) is 12.4. The molecule has 1 N–H and O–H groups in total. The van der Waals surface area contributed by atoms with Gasteiger partial charge in [0.2, 0.25) is 0 Å². The Balaban J connectivity index is 2.17. The first kappa shape index (κ1) is 11.8. The van der Waals surface area contributed by atoms with Crippen LogP contribution in [0.5, 0.6) is 0 Å². The summed E-state index contributed by atoms with van der Waals surface area (Å²) >= 11 is 0. The van der Waals surface area contributed by atoms with Crippen LogP contribution in [0.3, 0.4) is 0 Å². The van der Waals surface area contributed by atoms with Gasteiger partial charge in [0.05, 0.1) is 6.10 Å². The van der Waals surface area contributed by atoms with Crippen molar-refractivity contribution in [1.29, 1.82) is 0 Å². The van der Waals surface area contributed by atoms with E-state index >= 15 is 0 Å². The van der Waals surface area contributed by atoms with Crippen LogP contribution in [0.15, 0.2) is 42.7 Å². The highest BCUT2D eigenvalue weighted by atomic mass is 16.3. The van der Waals surface area contributed by atoms with Crippen LogP contribution < -0.4 is 0 Å². The Labute approximate surface area is 102 Å². The lowest BCUT2D eigenvalue weighted by atomic mass is 9.98. The third-order valence-electron chi connectivity index (χ3n) is 2.93. The number of aromatic nitrogens is 1. The summed E-state index contributed by atoms with van der Waals surface area (Å²) in [7, 11) is 0. The molecule has 2 heteroatoms. The molecule has 1 atom stereocenters. The number of aliphatic hydroxyl groups excluding tert-OH is 1. The molecule has 17 heavy (non-hydrogen) atoms. The fourth-order valence-electron chi connectivity index (χ4n) is 2.03. The molecule has 0 aliphatic heterocycles. The van der Waals surface area contributed by atoms with E-state index in [9.17, 15) is 5.11 Å². The molecule has 2 rings (SSSR count). The summed E-state index contributed by atoms with van der Waals surface area (Å²) in [5.74, 6) is 0. The molecule has 88 valence electrons. The van der Waals surface area contributed by atoms with Gasteiger partial charge in [0.1, 0.15) is 0 Å². The quantitative estimate of drug-likeness (QED) is 0.874. The SMILES string of the molecule is Cc1cccc(CC(O)c2ccncc2C)c1. The van der Waals surface area contributed by atoms with Crippen molar-refractivity contribution in [2.75, 3.05) is 0 Å². The summed E-state index contributed by atoms with van der Waals surface area (Å²) in [4.78, 5) is 4.04. The first-order valence-corrected chi connectivity index (χ1v) is 5.81. The first-order chi connectivity index (χ1) is 8.16. The van der Waals surface area contributed by atoms with Gasteiger partial charge in [-0.15, -0.1) is 0 Å². The number of aryl methyl sites for hydroxylation is 2. The molecule has 1 heterocycles. The largest absolute Gasteiger partial charge is 0.388 e.